The van der Waals surface area contributed by atoms with Gasteiger partial charge in [0.25, 0.3) is 0 Å². The molecule has 0 unspecified atom stereocenters. The molecule has 0 aliphatic heterocycles. The van der Waals surface area contributed by atoms with Crippen LogP contribution in [0.3, 0.4) is 0 Å². The molecule has 15 heavy (non-hydrogen) atoms. The molecule has 2 N–H and O–H groups in total. The standard InChI is InChI=1S/C7H14N4O3S/c1-3-11(4-2)15(13,14)5-6-8-7(12)10-9-6/h3-5H2,1-2H3,(H2,8,9,10,12). The lowest BCUT2D eigenvalue weighted by molar-refractivity contribution is 0.443. The zero-order chi connectivity index (χ0) is 11.5. The zero-order valence-corrected chi connectivity index (χ0v) is 9.47. The number of hydrogen-bond donors (Lipinski definition) is 2. The average molecular weight is 234 g/mol. The quantitative estimate of drug-likeness (QED) is 0.701. The van der Waals surface area contributed by atoms with Gasteiger partial charge in [-0.15, -0.1) is 0 Å². The van der Waals surface area contributed by atoms with Crippen molar-refractivity contribution in [1.29, 1.82) is 0 Å². The molecule has 1 rings (SSSR count). The van der Waals surface area contributed by atoms with Gasteiger partial charge >= 0.3 is 5.69 Å². The number of aromatic amines is 2. The molecule has 0 aliphatic rings. The van der Waals surface area contributed by atoms with Gasteiger partial charge in [-0.3, -0.25) is 4.98 Å². The van der Waals surface area contributed by atoms with Crippen LogP contribution >= 0.6 is 0 Å². The highest BCUT2D eigenvalue weighted by molar-refractivity contribution is 7.88. The third kappa shape index (κ3) is 2.90. The normalized spacial score (nSPS) is 12.2. The van der Waals surface area contributed by atoms with Crippen LogP contribution in [0.1, 0.15) is 19.7 Å². The molecule has 0 amide bonds. The molecule has 0 atom stereocenters. The van der Waals surface area contributed by atoms with Gasteiger partial charge in [-0.1, -0.05) is 13.8 Å². The summed E-state index contributed by atoms with van der Waals surface area (Å²) in [5.41, 5.74) is -0.500. The van der Waals surface area contributed by atoms with Gasteiger partial charge in [0.2, 0.25) is 10.0 Å². The molecule has 0 radical (unpaired) electrons. The largest absolute Gasteiger partial charge is 0.340 e. The van der Waals surface area contributed by atoms with E-state index < -0.39 is 15.7 Å². The van der Waals surface area contributed by atoms with Crippen molar-refractivity contribution in [1.82, 2.24) is 19.5 Å². The number of H-pyrrole nitrogens is 2. The first-order valence-electron chi connectivity index (χ1n) is 4.61. The van der Waals surface area contributed by atoms with Crippen LogP contribution in [0.25, 0.3) is 0 Å². The number of nitrogens with zero attached hydrogens (tertiary/aromatic N) is 2. The lowest BCUT2D eigenvalue weighted by Crippen LogP contribution is -2.32. The maximum absolute atomic E-state index is 11.7. The summed E-state index contributed by atoms with van der Waals surface area (Å²) >= 11 is 0. The van der Waals surface area contributed by atoms with Crippen LogP contribution in [-0.2, 0) is 15.8 Å². The Hall–Kier alpha value is -1.15. The van der Waals surface area contributed by atoms with Crippen LogP contribution in [-0.4, -0.2) is 41.0 Å². The molecule has 0 bridgehead atoms. The van der Waals surface area contributed by atoms with Crippen molar-refractivity contribution >= 4 is 10.0 Å². The number of aromatic nitrogens is 3. The van der Waals surface area contributed by atoms with Crippen LogP contribution in [0.4, 0.5) is 0 Å². The second kappa shape index (κ2) is 4.58. The van der Waals surface area contributed by atoms with Crippen LogP contribution in [0.15, 0.2) is 4.79 Å². The van der Waals surface area contributed by atoms with Crippen molar-refractivity contribution in [2.24, 2.45) is 0 Å². The Morgan fingerprint density at radius 2 is 1.93 bits per heavy atom. The van der Waals surface area contributed by atoms with E-state index >= 15 is 0 Å². The molecule has 0 aromatic carbocycles. The van der Waals surface area contributed by atoms with Crippen molar-refractivity contribution < 1.29 is 8.42 Å². The summed E-state index contributed by atoms with van der Waals surface area (Å²) in [7, 11) is -3.38. The van der Waals surface area contributed by atoms with Gasteiger partial charge in [0.15, 0.2) is 0 Å². The zero-order valence-electron chi connectivity index (χ0n) is 8.65. The van der Waals surface area contributed by atoms with Crippen molar-refractivity contribution in [2.45, 2.75) is 19.6 Å². The summed E-state index contributed by atoms with van der Waals surface area (Å²) in [4.78, 5) is 13.0. The summed E-state index contributed by atoms with van der Waals surface area (Å²) in [5.74, 6) is -0.153. The van der Waals surface area contributed by atoms with Crippen molar-refractivity contribution in [3.05, 3.63) is 16.3 Å². The van der Waals surface area contributed by atoms with E-state index in [4.69, 9.17) is 0 Å². The van der Waals surface area contributed by atoms with Crippen molar-refractivity contribution in [3.8, 4) is 0 Å². The second-order valence-electron chi connectivity index (χ2n) is 2.96. The van der Waals surface area contributed by atoms with Crippen molar-refractivity contribution in [3.63, 3.8) is 0 Å². The van der Waals surface area contributed by atoms with E-state index in [1.807, 2.05) is 0 Å². The summed E-state index contributed by atoms with van der Waals surface area (Å²) in [5, 5.41) is 5.68. The number of nitrogens with one attached hydrogen (secondary N) is 2. The summed E-state index contributed by atoms with van der Waals surface area (Å²) in [6.07, 6.45) is 0. The molecule has 0 spiro atoms. The summed E-state index contributed by atoms with van der Waals surface area (Å²) in [6, 6.07) is 0. The molecule has 1 aromatic rings. The predicted molar refractivity (Wildman–Crippen MR) is 54.8 cm³/mol. The second-order valence-corrected chi connectivity index (χ2v) is 4.93. The van der Waals surface area contributed by atoms with Gasteiger partial charge in [-0.2, -0.15) is 5.10 Å². The SMILES string of the molecule is CCN(CC)S(=O)(=O)Cc1n[nH]c(=O)[nH]1. The fourth-order valence-electron chi connectivity index (χ4n) is 1.25. The van der Waals surface area contributed by atoms with Crippen LogP contribution < -0.4 is 5.69 Å². The smallest absolute Gasteiger partial charge is 0.292 e. The van der Waals surface area contributed by atoms with Gasteiger partial charge in [0, 0.05) is 13.1 Å². The Morgan fingerprint density at radius 3 is 2.33 bits per heavy atom. The highest BCUT2D eigenvalue weighted by Crippen LogP contribution is 2.05. The van der Waals surface area contributed by atoms with Gasteiger partial charge in [0.1, 0.15) is 11.6 Å². The van der Waals surface area contributed by atoms with E-state index in [2.05, 4.69) is 15.2 Å². The Bertz CT molecular complexity index is 457. The molecule has 1 aromatic heterocycles. The Balaban J connectivity index is 2.85. The maximum atomic E-state index is 11.7. The first-order chi connectivity index (χ1) is 6.99. The lowest BCUT2D eigenvalue weighted by atomic mass is 10.7. The van der Waals surface area contributed by atoms with E-state index in [1.165, 1.54) is 4.31 Å². The molecule has 8 heteroatoms. The molecule has 0 fully saturated rings. The van der Waals surface area contributed by atoms with Crippen LogP contribution in [0.5, 0.6) is 0 Å². The molecule has 0 saturated carbocycles. The Labute approximate surface area is 87.6 Å². The maximum Gasteiger partial charge on any atom is 0.340 e. The predicted octanol–water partition coefficient (Wildman–Crippen LogP) is -0.730. The van der Waals surface area contributed by atoms with E-state index in [0.29, 0.717) is 13.1 Å². The first-order valence-corrected chi connectivity index (χ1v) is 6.22. The van der Waals surface area contributed by atoms with E-state index in [9.17, 15) is 13.2 Å². The van der Waals surface area contributed by atoms with Crippen LogP contribution in [0, 0.1) is 0 Å². The highest BCUT2D eigenvalue weighted by Gasteiger charge is 2.20. The monoisotopic (exact) mass is 234 g/mol. The average Bonchev–Trinajstić information content (AvgIpc) is 2.51. The molecule has 7 nitrogen and oxygen atoms in total. The van der Waals surface area contributed by atoms with Gasteiger partial charge in [-0.05, 0) is 0 Å². The molecule has 86 valence electrons. The minimum absolute atomic E-state index is 0.131. The lowest BCUT2D eigenvalue weighted by Gasteiger charge is -2.16. The number of rotatable bonds is 5. The van der Waals surface area contributed by atoms with E-state index in [-0.39, 0.29) is 11.6 Å². The molecule has 0 saturated heterocycles. The number of sulfonamides is 1. The summed E-state index contributed by atoms with van der Waals surface area (Å²) in [6.45, 7) is 4.34. The first kappa shape index (κ1) is 11.9. The van der Waals surface area contributed by atoms with E-state index in [1.54, 1.807) is 13.8 Å². The topological polar surface area (TPSA) is 98.9 Å². The molecular weight excluding hydrogens is 220 g/mol. The molecular formula is C7H14N4O3S. The minimum atomic E-state index is -3.38. The van der Waals surface area contributed by atoms with Gasteiger partial charge < -0.3 is 0 Å². The number of hydrogen-bond acceptors (Lipinski definition) is 4. The minimum Gasteiger partial charge on any atom is -0.292 e. The van der Waals surface area contributed by atoms with Gasteiger partial charge in [0.05, 0.1) is 0 Å². The third-order valence-electron chi connectivity index (χ3n) is 1.97. The van der Waals surface area contributed by atoms with Crippen molar-refractivity contribution in [2.75, 3.05) is 13.1 Å². The fraction of sp³-hybridized carbons (Fsp3) is 0.714. The fourth-order valence-corrected chi connectivity index (χ4v) is 2.71. The Kier molecular flexibility index (Phi) is 3.64. The molecule has 1 heterocycles. The molecule has 0 aliphatic carbocycles. The van der Waals surface area contributed by atoms with Crippen LogP contribution in [0.2, 0.25) is 0 Å². The Morgan fingerprint density at radius 1 is 1.33 bits per heavy atom. The highest BCUT2D eigenvalue weighted by atomic mass is 32.2. The van der Waals surface area contributed by atoms with Gasteiger partial charge in [-0.25, -0.2) is 22.6 Å². The third-order valence-corrected chi connectivity index (χ3v) is 3.91. The summed E-state index contributed by atoms with van der Waals surface area (Å²) < 4.78 is 24.8. The van der Waals surface area contributed by atoms with E-state index in [0.717, 1.165) is 0 Å².